The van der Waals surface area contributed by atoms with Crippen molar-refractivity contribution >= 4 is 11.9 Å². The minimum absolute atomic E-state index is 0.374. The molecule has 1 rings (SSSR count). The van der Waals surface area contributed by atoms with E-state index in [1.54, 1.807) is 24.3 Å². The lowest BCUT2D eigenvalue weighted by atomic mass is 10.0. The van der Waals surface area contributed by atoms with Crippen molar-refractivity contribution in [1.29, 1.82) is 0 Å². The van der Waals surface area contributed by atoms with Gasteiger partial charge in [0.15, 0.2) is 0 Å². The Balaban J connectivity index is 2.35. The van der Waals surface area contributed by atoms with Gasteiger partial charge in [0, 0.05) is 0 Å². The van der Waals surface area contributed by atoms with Gasteiger partial charge in [0.05, 0.1) is 24.3 Å². The van der Waals surface area contributed by atoms with Crippen LogP contribution in [0.4, 0.5) is 0 Å². The first-order chi connectivity index (χ1) is 14.5. The van der Waals surface area contributed by atoms with Gasteiger partial charge in [-0.05, 0) is 42.9 Å². The van der Waals surface area contributed by atoms with Gasteiger partial charge >= 0.3 is 11.9 Å². The molecular formula is C26H42O4. The van der Waals surface area contributed by atoms with Crippen LogP contribution in [0.15, 0.2) is 24.3 Å². The molecule has 30 heavy (non-hydrogen) atoms. The average molecular weight is 419 g/mol. The zero-order valence-corrected chi connectivity index (χ0v) is 19.6. The fraction of sp³-hybridized carbons (Fsp3) is 0.692. The highest BCUT2D eigenvalue weighted by Crippen LogP contribution is 2.15. The van der Waals surface area contributed by atoms with Gasteiger partial charge in [-0.3, -0.25) is 0 Å². The first-order valence-corrected chi connectivity index (χ1v) is 11.9. The highest BCUT2D eigenvalue weighted by molar-refractivity contribution is 5.95. The molecule has 0 saturated carbocycles. The monoisotopic (exact) mass is 418 g/mol. The molecule has 0 N–H and O–H groups in total. The Morgan fingerprint density at radius 2 is 1.47 bits per heavy atom. The van der Waals surface area contributed by atoms with Gasteiger partial charge in [0.1, 0.15) is 0 Å². The van der Waals surface area contributed by atoms with E-state index in [0.29, 0.717) is 30.3 Å². The van der Waals surface area contributed by atoms with E-state index in [4.69, 9.17) is 9.47 Å². The van der Waals surface area contributed by atoms with Gasteiger partial charge < -0.3 is 9.47 Å². The van der Waals surface area contributed by atoms with E-state index in [2.05, 4.69) is 27.7 Å². The lowest BCUT2D eigenvalue weighted by molar-refractivity contribution is 0.0428. The maximum absolute atomic E-state index is 12.4. The van der Waals surface area contributed by atoms with Gasteiger partial charge in [-0.2, -0.15) is 0 Å². The second kappa shape index (κ2) is 15.9. The molecular weight excluding hydrogens is 376 g/mol. The van der Waals surface area contributed by atoms with Gasteiger partial charge in [-0.15, -0.1) is 0 Å². The Morgan fingerprint density at radius 3 is 2.10 bits per heavy atom. The molecule has 1 aromatic carbocycles. The number of rotatable bonds is 16. The largest absolute Gasteiger partial charge is 0.462 e. The van der Waals surface area contributed by atoms with Gasteiger partial charge in [0.25, 0.3) is 0 Å². The first kappa shape index (κ1) is 26.2. The van der Waals surface area contributed by atoms with Crippen molar-refractivity contribution in [2.45, 2.75) is 91.9 Å². The molecule has 0 saturated heterocycles. The van der Waals surface area contributed by atoms with Crippen molar-refractivity contribution in [3.8, 4) is 0 Å². The summed E-state index contributed by atoms with van der Waals surface area (Å²) in [6, 6.07) is 6.64. The Bertz CT molecular complexity index is 609. The fourth-order valence-corrected chi connectivity index (χ4v) is 3.38. The minimum atomic E-state index is -0.376. The molecule has 0 heterocycles. The number of carbonyl (C=O) groups excluding carboxylic acids is 2. The molecule has 0 radical (unpaired) electrons. The van der Waals surface area contributed by atoms with Crippen LogP contribution >= 0.6 is 0 Å². The summed E-state index contributed by atoms with van der Waals surface area (Å²) in [6.45, 7) is 9.65. The number of unbranched alkanes of at least 4 members (excludes halogenated alkanes) is 5. The Kier molecular flexibility index (Phi) is 13.9. The van der Waals surface area contributed by atoms with Crippen molar-refractivity contribution < 1.29 is 19.1 Å². The standard InChI is InChI=1S/C26H42O4/c1-5-7-15-22(6-2)20-30-26(28)24-17-13-16-23(19-24)25(27)29-18-12-10-8-9-11-14-21(3)4/h13,16-17,19,21-22H,5-12,14-15,18,20H2,1-4H3/t22-/m0/s1. The van der Waals surface area contributed by atoms with Crippen LogP contribution in [0.5, 0.6) is 0 Å². The highest BCUT2D eigenvalue weighted by Gasteiger charge is 2.14. The van der Waals surface area contributed by atoms with Crippen LogP contribution in [0.3, 0.4) is 0 Å². The number of hydrogen-bond donors (Lipinski definition) is 0. The molecule has 1 aromatic rings. The average Bonchev–Trinajstić information content (AvgIpc) is 2.75. The summed E-state index contributed by atoms with van der Waals surface area (Å²) in [5, 5.41) is 0. The SMILES string of the molecule is CCCC[C@H](CC)COC(=O)c1cccc(C(=O)OCCCCCCCC(C)C)c1. The lowest BCUT2D eigenvalue weighted by Crippen LogP contribution is -2.15. The van der Waals surface area contributed by atoms with E-state index in [1.165, 1.54) is 25.7 Å². The quantitative estimate of drug-likeness (QED) is 0.210. The molecule has 170 valence electrons. The van der Waals surface area contributed by atoms with Crippen molar-refractivity contribution in [1.82, 2.24) is 0 Å². The zero-order valence-electron chi connectivity index (χ0n) is 19.6. The van der Waals surface area contributed by atoms with E-state index in [0.717, 1.165) is 44.4 Å². The summed E-state index contributed by atoms with van der Waals surface area (Å²) in [7, 11) is 0. The van der Waals surface area contributed by atoms with Gasteiger partial charge in [-0.1, -0.05) is 85.1 Å². The van der Waals surface area contributed by atoms with E-state index < -0.39 is 0 Å². The molecule has 1 atom stereocenters. The maximum atomic E-state index is 12.4. The third-order valence-electron chi connectivity index (χ3n) is 5.49. The summed E-state index contributed by atoms with van der Waals surface area (Å²) in [6.07, 6.45) is 11.3. The Labute approximate surface area is 183 Å². The second-order valence-electron chi connectivity index (χ2n) is 8.68. The van der Waals surface area contributed by atoms with E-state index >= 15 is 0 Å². The van der Waals surface area contributed by atoms with Crippen LogP contribution in [0, 0.1) is 11.8 Å². The summed E-state index contributed by atoms with van der Waals surface area (Å²) in [4.78, 5) is 24.7. The third-order valence-corrected chi connectivity index (χ3v) is 5.49. The summed E-state index contributed by atoms with van der Waals surface area (Å²) in [5.41, 5.74) is 0.805. The predicted molar refractivity (Wildman–Crippen MR) is 123 cm³/mol. The summed E-state index contributed by atoms with van der Waals surface area (Å²) < 4.78 is 10.9. The maximum Gasteiger partial charge on any atom is 0.338 e. The second-order valence-corrected chi connectivity index (χ2v) is 8.68. The molecule has 0 fully saturated rings. The number of hydrogen-bond acceptors (Lipinski definition) is 4. The zero-order chi connectivity index (χ0) is 22.2. The number of ether oxygens (including phenoxy) is 2. The van der Waals surface area contributed by atoms with Gasteiger partial charge in [0.2, 0.25) is 0 Å². The van der Waals surface area contributed by atoms with Crippen LogP contribution in [-0.4, -0.2) is 25.2 Å². The molecule has 0 aliphatic heterocycles. The Hall–Kier alpha value is -1.84. The molecule has 0 spiro atoms. The Morgan fingerprint density at radius 1 is 0.833 bits per heavy atom. The van der Waals surface area contributed by atoms with E-state index in [-0.39, 0.29) is 11.9 Å². The van der Waals surface area contributed by atoms with Crippen LogP contribution in [0.2, 0.25) is 0 Å². The lowest BCUT2D eigenvalue weighted by Gasteiger charge is -2.14. The predicted octanol–water partition coefficient (Wildman–Crippen LogP) is 7.21. The normalized spacial score (nSPS) is 12.0. The van der Waals surface area contributed by atoms with Crippen LogP contribution in [0.25, 0.3) is 0 Å². The number of carbonyl (C=O) groups is 2. The fourth-order valence-electron chi connectivity index (χ4n) is 3.38. The minimum Gasteiger partial charge on any atom is -0.462 e. The summed E-state index contributed by atoms with van der Waals surface area (Å²) in [5.74, 6) is 0.417. The molecule has 4 nitrogen and oxygen atoms in total. The topological polar surface area (TPSA) is 52.6 Å². The van der Waals surface area contributed by atoms with Gasteiger partial charge in [-0.25, -0.2) is 9.59 Å². The third kappa shape index (κ3) is 11.4. The van der Waals surface area contributed by atoms with Crippen molar-refractivity contribution in [3.63, 3.8) is 0 Å². The molecule has 0 aromatic heterocycles. The molecule has 0 bridgehead atoms. The van der Waals surface area contributed by atoms with Crippen molar-refractivity contribution in [3.05, 3.63) is 35.4 Å². The summed E-state index contributed by atoms with van der Waals surface area (Å²) >= 11 is 0. The smallest absolute Gasteiger partial charge is 0.338 e. The van der Waals surface area contributed by atoms with Crippen LogP contribution < -0.4 is 0 Å². The van der Waals surface area contributed by atoms with E-state index in [1.807, 2.05) is 0 Å². The highest BCUT2D eigenvalue weighted by atomic mass is 16.5. The van der Waals surface area contributed by atoms with Crippen LogP contribution in [0.1, 0.15) is 113 Å². The van der Waals surface area contributed by atoms with Crippen molar-refractivity contribution in [2.75, 3.05) is 13.2 Å². The first-order valence-electron chi connectivity index (χ1n) is 11.9. The molecule has 0 aliphatic carbocycles. The van der Waals surface area contributed by atoms with Crippen LogP contribution in [-0.2, 0) is 9.47 Å². The number of esters is 2. The molecule has 4 heteroatoms. The molecule has 0 aliphatic rings. The van der Waals surface area contributed by atoms with E-state index in [9.17, 15) is 9.59 Å². The molecule has 0 unspecified atom stereocenters. The van der Waals surface area contributed by atoms with Crippen molar-refractivity contribution in [2.24, 2.45) is 11.8 Å². The molecule has 0 amide bonds. The number of benzene rings is 1.